The fourth-order valence-corrected chi connectivity index (χ4v) is 0.941. The van der Waals surface area contributed by atoms with E-state index in [1.807, 2.05) is 18.2 Å². The van der Waals surface area contributed by atoms with Crippen molar-refractivity contribution < 1.29 is 0 Å². The molecule has 0 N–H and O–H groups in total. The maximum Gasteiger partial charge on any atom is 0.0283 e. The Kier molecular flexibility index (Phi) is 2.10. The van der Waals surface area contributed by atoms with E-state index in [1.165, 1.54) is 5.56 Å². The van der Waals surface area contributed by atoms with Gasteiger partial charge in [-0.3, -0.25) is 0 Å². The van der Waals surface area contributed by atoms with Crippen LogP contribution < -0.4 is 0 Å². The van der Waals surface area contributed by atoms with Gasteiger partial charge in [-0.15, -0.1) is 0 Å². The predicted octanol–water partition coefficient (Wildman–Crippen LogP) is 2.58. The van der Waals surface area contributed by atoms with Crippen LogP contribution >= 0.6 is 15.9 Å². The molecule has 0 bridgehead atoms. The van der Waals surface area contributed by atoms with Gasteiger partial charge in [0.1, 0.15) is 0 Å². The van der Waals surface area contributed by atoms with E-state index in [-0.39, 0.29) is 0 Å². The standard InChI is InChI=1S/C7H7Br/c8-6-7-4-2-1-3-5-7/h1-5H,6H2/i6+1. The quantitative estimate of drug-likeness (QED) is 0.451. The van der Waals surface area contributed by atoms with Gasteiger partial charge in [-0.25, -0.2) is 0 Å². The van der Waals surface area contributed by atoms with Crippen LogP contribution in [0.1, 0.15) is 5.56 Å². The maximum atomic E-state index is 3.36. The van der Waals surface area contributed by atoms with Gasteiger partial charge in [0, 0.05) is 5.33 Å². The Morgan fingerprint density at radius 3 is 2.12 bits per heavy atom. The fraction of sp³-hybridized carbons (Fsp3) is 0.143. The first-order valence-corrected chi connectivity index (χ1v) is 3.65. The molecule has 1 aromatic carbocycles. The molecule has 0 atom stereocenters. The van der Waals surface area contributed by atoms with Crippen molar-refractivity contribution in [1.29, 1.82) is 0 Å². The molecular weight excluding hydrogens is 165 g/mol. The second kappa shape index (κ2) is 2.88. The molecule has 0 radical (unpaired) electrons. The van der Waals surface area contributed by atoms with Crippen LogP contribution in [0.25, 0.3) is 0 Å². The van der Waals surface area contributed by atoms with Gasteiger partial charge in [0.25, 0.3) is 0 Å². The first-order valence-electron chi connectivity index (χ1n) is 2.53. The molecule has 0 aromatic heterocycles. The fourth-order valence-electron chi connectivity index (χ4n) is 0.567. The monoisotopic (exact) mass is 171 g/mol. The van der Waals surface area contributed by atoms with Gasteiger partial charge >= 0.3 is 0 Å². The second-order valence-corrected chi connectivity index (χ2v) is 2.18. The lowest BCUT2D eigenvalue weighted by Gasteiger charge is -1.88. The summed E-state index contributed by atoms with van der Waals surface area (Å²) in [4.78, 5) is 0. The summed E-state index contributed by atoms with van der Waals surface area (Å²) >= 11 is 3.36. The van der Waals surface area contributed by atoms with Gasteiger partial charge in [-0.1, -0.05) is 46.3 Å². The summed E-state index contributed by atoms with van der Waals surface area (Å²) in [5, 5.41) is 0.952. The van der Waals surface area contributed by atoms with Gasteiger partial charge in [0.05, 0.1) is 0 Å². The average molecular weight is 172 g/mol. The van der Waals surface area contributed by atoms with Gasteiger partial charge in [0.15, 0.2) is 0 Å². The molecule has 0 nitrogen and oxygen atoms in total. The summed E-state index contributed by atoms with van der Waals surface area (Å²) < 4.78 is 0. The zero-order valence-electron chi connectivity index (χ0n) is 4.47. The highest BCUT2D eigenvalue weighted by atomic mass is 79.9. The molecular formula is C7H7Br. The molecule has 1 heteroatoms. The van der Waals surface area contributed by atoms with Crippen molar-refractivity contribution in [3.05, 3.63) is 35.9 Å². The number of hydrogen-bond donors (Lipinski definition) is 0. The SMILES string of the molecule is Br[13CH2]c1ccccc1. The van der Waals surface area contributed by atoms with Crippen LogP contribution in [0.2, 0.25) is 0 Å². The van der Waals surface area contributed by atoms with Crippen LogP contribution in [0.4, 0.5) is 0 Å². The Hall–Kier alpha value is -0.300. The zero-order valence-corrected chi connectivity index (χ0v) is 6.06. The molecule has 0 aliphatic carbocycles. The highest BCUT2D eigenvalue weighted by molar-refractivity contribution is 9.08. The third kappa shape index (κ3) is 1.34. The normalized spacial score (nSPS) is 9.12. The average Bonchev–Trinajstić information content (AvgIpc) is 1.90. The minimum atomic E-state index is 0.952. The Morgan fingerprint density at radius 2 is 1.75 bits per heavy atom. The first kappa shape index (κ1) is 5.83. The van der Waals surface area contributed by atoms with Gasteiger partial charge < -0.3 is 0 Å². The number of halogens is 1. The van der Waals surface area contributed by atoms with E-state index in [0.717, 1.165) is 5.33 Å². The Morgan fingerprint density at radius 1 is 1.12 bits per heavy atom. The first-order chi connectivity index (χ1) is 3.93. The van der Waals surface area contributed by atoms with Crippen molar-refractivity contribution in [3.8, 4) is 0 Å². The maximum absolute atomic E-state index is 3.36. The molecule has 0 saturated heterocycles. The molecule has 42 valence electrons. The summed E-state index contributed by atoms with van der Waals surface area (Å²) in [7, 11) is 0. The van der Waals surface area contributed by atoms with Crippen molar-refractivity contribution in [3.63, 3.8) is 0 Å². The zero-order chi connectivity index (χ0) is 5.82. The summed E-state index contributed by atoms with van der Waals surface area (Å²) in [6.07, 6.45) is 0. The minimum absolute atomic E-state index is 0.952. The van der Waals surface area contributed by atoms with Crippen molar-refractivity contribution in [1.82, 2.24) is 0 Å². The Labute approximate surface area is 57.7 Å². The lowest BCUT2D eigenvalue weighted by Crippen LogP contribution is -1.70. The van der Waals surface area contributed by atoms with Gasteiger partial charge in [0.2, 0.25) is 0 Å². The topological polar surface area (TPSA) is 0 Å². The molecule has 1 aromatic rings. The van der Waals surface area contributed by atoms with E-state index in [9.17, 15) is 0 Å². The van der Waals surface area contributed by atoms with Crippen LogP contribution in [0, 0.1) is 0 Å². The van der Waals surface area contributed by atoms with Gasteiger partial charge in [-0.05, 0) is 5.56 Å². The highest BCUT2D eigenvalue weighted by Crippen LogP contribution is 2.02. The summed E-state index contributed by atoms with van der Waals surface area (Å²) in [6.45, 7) is 0. The summed E-state index contributed by atoms with van der Waals surface area (Å²) in [5.41, 5.74) is 1.33. The van der Waals surface area contributed by atoms with E-state index in [1.54, 1.807) is 0 Å². The molecule has 0 amide bonds. The van der Waals surface area contributed by atoms with Crippen molar-refractivity contribution >= 4 is 15.9 Å². The third-order valence-electron chi connectivity index (χ3n) is 0.997. The van der Waals surface area contributed by atoms with Crippen LogP contribution in [0.15, 0.2) is 30.3 Å². The Bertz CT molecular complexity index is 146. The molecule has 0 heterocycles. The molecule has 1 rings (SSSR count). The van der Waals surface area contributed by atoms with E-state index >= 15 is 0 Å². The van der Waals surface area contributed by atoms with Crippen molar-refractivity contribution in [2.45, 2.75) is 5.33 Å². The highest BCUT2D eigenvalue weighted by Gasteiger charge is 1.81. The van der Waals surface area contributed by atoms with Crippen molar-refractivity contribution in [2.24, 2.45) is 0 Å². The minimum Gasteiger partial charge on any atom is -0.0876 e. The van der Waals surface area contributed by atoms with Crippen LogP contribution in [0.3, 0.4) is 0 Å². The predicted molar refractivity (Wildman–Crippen MR) is 39.1 cm³/mol. The molecule has 0 fully saturated rings. The van der Waals surface area contributed by atoms with E-state index in [2.05, 4.69) is 28.1 Å². The number of alkyl halides is 1. The lowest BCUT2D eigenvalue weighted by molar-refractivity contribution is 1.44. The molecule has 8 heavy (non-hydrogen) atoms. The molecule has 0 aliphatic rings. The number of hydrogen-bond acceptors (Lipinski definition) is 0. The van der Waals surface area contributed by atoms with E-state index in [4.69, 9.17) is 0 Å². The number of benzene rings is 1. The summed E-state index contributed by atoms with van der Waals surface area (Å²) in [5.74, 6) is 0. The van der Waals surface area contributed by atoms with Crippen LogP contribution in [-0.4, -0.2) is 0 Å². The third-order valence-corrected chi connectivity index (χ3v) is 1.64. The molecule has 0 unspecified atom stereocenters. The van der Waals surface area contributed by atoms with Gasteiger partial charge in [-0.2, -0.15) is 0 Å². The van der Waals surface area contributed by atoms with Crippen molar-refractivity contribution in [2.75, 3.05) is 0 Å². The molecule has 0 aliphatic heterocycles. The van der Waals surface area contributed by atoms with Crippen LogP contribution in [-0.2, 0) is 5.33 Å². The van der Waals surface area contributed by atoms with Crippen LogP contribution in [0.5, 0.6) is 0 Å². The number of rotatable bonds is 1. The molecule has 0 saturated carbocycles. The summed E-state index contributed by atoms with van der Waals surface area (Å²) in [6, 6.07) is 10.3. The smallest absolute Gasteiger partial charge is 0.0283 e. The molecule has 0 spiro atoms. The lowest BCUT2D eigenvalue weighted by atomic mass is 10.3. The van der Waals surface area contributed by atoms with E-state index < -0.39 is 0 Å². The largest absolute Gasteiger partial charge is 0.0876 e. The van der Waals surface area contributed by atoms with E-state index in [0.29, 0.717) is 0 Å². The second-order valence-electron chi connectivity index (χ2n) is 1.62. The Balaban J connectivity index is 2.83.